The lowest BCUT2D eigenvalue weighted by Crippen LogP contribution is -2.08. The van der Waals surface area contributed by atoms with Crippen molar-refractivity contribution in [3.05, 3.63) is 53.1 Å². The van der Waals surface area contributed by atoms with Crippen LogP contribution in [0.3, 0.4) is 0 Å². The SMILES string of the molecule is CC(C)Oc1ccc(-c2nnc(-c3cccc4c3CCC4)s2)cc1C#N.CS(=O)CCN. The molecular weight excluding hydrogens is 440 g/mol. The fourth-order valence-electron chi connectivity index (χ4n) is 3.54. The van der Waals surface area contributed by atoms with Crippen molar-refractivity contribution >= 4 is 22.1 Å². The first-order valence-corrected chi connectivity index (χ1v) is 13.1. The highest BCUT2D eigenvalue weighted by Crippen LogP contribution is 2.37. The Hall–Kier alpha value is -2.60. The molecule has 1 aliphatic rings. The van der Waals surface area contributed by atoms with Crippen LogP contribution in [0, 0.1) is 11.3 Å². The maximum Gasteiger partial charge on any atom is 0.148 e. The molecule has 0 aliphatic heterocycles. The van der Waals surface area contributed by atoms with Gasteiger partial charge in [0, 0.05) is 40.5 Å². The van der Waals surface area contributed by atoms with Gasteiger partial charge in [-0.05, 0) is 62.4 Å². The predicted octanol–water partition coefficient (Wildman–Crippen LogP) is 4.34. The van der Waals surface area contributed by atoms with Gasteiger partial charge in [0.05, 0.1) is 11.7 Å². The highest BCUT2D eigenvalue weighted by Gasteiger charge is 2.19. The summed E-state index contributed by atoms with van der Waals surface area (Å²) in [5.74, 6) is 1.23. The summed E-state index contributed by atoms with van der Waals surface area (Å²) in [6, 6.07) is 14.3. The summed E-state index contributed by atoms with van der Waals surface area (Å²) in [6.45, 7) is 4.43. The van der Waals surface area contributed by atoms with Crippen LogP contribution in [0.5, 0.6) is 5.75 Å². The van der Waals surface area contributed by atoms with Crippen LogP contribution in [-0.2, 0) is 23.6 Å². The van der Waals surface area contributed by atoms with E-state index in [1.807, 2.05) is 32.0 Å². The molecule has 0 spiro atoms. The van der Waals surface area contributed by atoms with Crippen LogP contribution < -0.4 is 10.5 Å². The van der Waals surface area contributed by atoms with Crippen molar-refractivity contribution < 1.29 is 8.95 Å². The molecule has 0 fully saturated rings. The van der Waals surface area contributed by atoms with Crippen LogP contribution in [0.2, 0.25) is 0 Å². The fraction of sp³-hybridized carbons (Fsp3) is 0.375. The van der Waals surface area contributed by atoms with Gasteiger partial charge in [0.2, 0.25) is 0 Å². The third-order valence-electron chi connectivity index (χ3n) is 4.92. The molecule has 2 N–H and O–H groups in total. The third-order valence-corrected chi connectivity index (χ3v) is 6.73. The Kier molecular flexibility index (Phi) is 8.51. The van der Waals surface area contributed by atoms with Crippen LogP contribution in [0.25, 0.3) is 21.1 Å². The number of nitrogens with zero attached hydrogens (tertiary/aromatic N) is 3. The zero-order chi connectivity index (χ0) is 23.1. The summed E-state index contributed by atoms with van der Waals surface area (Å²) in [7, 11) is -0.691. The van der Waals surface area contributed by atoms with E-state index >= 15 is 0 Å². The van der Waals surface area contributed by atoms with Gasteiger partial charge in [0.25, 0.3) is 0 Å². The Morgan fingerprint density at radius 1 is 1.22 bits per heavy atom. The molecule has 1 heterocycles. The molecule has 4 rings (SSSR count). The summed E-state index contributed by atoms with van der Waals surface area (Å²) >= 11 is 1.57. The number of nitriles is 1. The smallest absolute Gasteiger partial charge is 0.148 e. The van der Waals surface area contributed by atoms with E-state index in [1.54, 1.807) is 17.6 Å². The monoisotopic (exact) mass is 468 g/mol. The first-order chi connectivity index (χ1) is 15.4. The van der Waals surface area contributed by atoms with Crippen LogP contribution in [-0.4, -0.2) is 39.1 Å². The maximum absolute atomic E-state index is 10.1. The van der Waals surface area contributed by atoms with Crippen LogP contribution in [0.15, 0.2) is 36.4 Å². The second kappa shape index (κ2) is 11.3. The summed E-state index contributed by atoms with van der Waals surface area (Å²) in [6.07, 6.45) is 5.15. The van der Waals surface area contributed by atoms with Gasteiger partial charge in [-0.15, -0.1) is 10.2 Å². The predicted molar refractivity (Wildman–Crippen MR) is 131 cm³/mol. The zero-order valence-corrected chi connectivity index (χ0v) is 20.3. The van der Waals surface area contributed by atoms with Gasteiger partial charge >= 0.3 is 0 Å². The Morgan fingerprint density at radius 3 is 2.66 bits per heavy atom. The summed E-state index contributed by atoms with van der Waals surface area (Å²) in [4.78, 5) is 0. The van der Waals surface area contributed by atoms with Gasteiger partial charge in [0.15, 0.2) is 0 Å². The topological polar surface area (TPSA) is 102 Å². The average Bonchev–Trinajstić information content (AvgIpc) is 3.43. The number of aromatic nitrogens is 2. The van der Waals surface area contributed by atoms with E-state index in [1.165, 1.54) is 23.1 Å². The van der Waals surface area contributed by atoms with E-state index in [0.29, 0.717) is 23.6 Å². The van der Waals surface area contributed by atoms with Gasteiger partial charge in [-0.1, -0.05) is 29.5 Å². The lowest BCUT2D eigenvalue weighted by molar-refractivity contribution is 0.242. The standard InChI is InChI=1S/C21H19N3OS.C3H9NOS/c1-13(2)25-19-10-9-15(11-16(19)12-22)20-23-24-21(26-20)18-8-4-6-14-5-3-7-17(14)18;1-6(5)3-2-4/h4,6,8-11,13H,3,5,7H2,1-2H3;2-4H2,1H3. The largest absolute Gasteiger partial charge is 0.490 e. The van der Waals surface area contributed by atoms with Gasteiger partial charge in [-0.3, -0.25) is 4.21 Å². The molecule has 6 nitrogen and oxygen atoms in total. The van der Waals surface area contributed by atoms with Crippen molar-refractivity contribution in [1.82, 2.24) is 10.2 Å². The second-order valence-electron chi connectivity index (χ2n) is 7.76. The van der Waals surface area contributed by atoms with Crippen molar-refractivity contribution in [1.29, 1.82) is 5.26 Å². The average molecular weight is 469 g/mol. The third kappa shape index (κ3) is 6.00. The molecule has 1 aliphatic carbocycles. The molecule has 3 aromatic rings. The Bertz CT molecular complexity index is 1140. The molecule has 0 amide bonds. The first kappa shape index (κ1) is 24.1. The molecule has 1 unspecified atom stereocenters. The van der Waals surface area contributed by atoms with Gasteiger partial charge in [-0.2, -0.15) is 5.26 Å². The Labute approximate surface area is 195 Å². The molecule has 0 saturated carbocycles. The fourth-order valence-corrected chi connectivity index (χ4v) is 4.77. The molecule has 0 saturated heterocycles. The molecule has 8 heteroatoms. The summed E-state index contributed by atoms with van der Waals surface area (Å²) in [5.41, 5.74) is 10.5. The molecule has 2 aromatic carbocycles. The number of nitrogens with two attached hydrogens (primary N) is 1. The number of fused-ring (bicyclic) bond motifs is 1. The number of rotatable bonds is 6. The highest BCUT2D eigenvalue weighted by atomic mass is 32.2. The van der Waals surface area contributed by atoms with Crippen molar-refractivity contribution in [3.8, 4) is 33.0 Å². The van der Waals surface area contributed by atoms with Crippen LogP contribution in [0.1, 0.15) is 37.0 Å². The molecule has 32 heavy (non-hydrogen) atoms. The Balaban J connectivity index is 0.000000427. The first-order valence-electron chi connectivity index (χ1n) is 10.6. The van der Waals surface area contributed by atoms with E-state index in [4.69, 9.17) is 10.5 Å². The Morgan fingerprint density at radius 2 is 2.00 bits per heavy atom. The van der Waals surface area contributed by atoms with E-state index < -0.39 is 10.8 Å². The van der Waals surface area contributed by atoms with E-state index in [-0.39, 0.29) is 6.10 Å². The lowest BCUT2D eigenvalue weighted by Gasteiger charge is -2.11. The quantitative estimate of drug-likeness (QED) is 0.577. The van der Waals surface area contributed by atoms with Gasteiger partial charge < -0.3 is 10.5 Å². The van der Waals surface area contributed by atoms with E-state index in [0.717, 1.165) is 28.4 Å². The molecule has 0 bridgehead atoms. The molecule has 168 valence electrons. The van der Waals surface area contributed by atoms with Crippen molar-refractivity contribution in [2.24, 2.45) is 5.73 Å². The van der Waals surface area contributed by atoms with Crippen LogP contribution >= 0.6 is 11.3 Å². The van der Waals surface area contributed by atoms with Crippen molar-refractivity contribution in [2.45, 2.75) is 39.2 Å². The maximum atomic E-state index is 10.1. The summed E-state index contributed by atoms with van der Waals surface area (Å²) in [5, 5.41) is 20.0. The van der Waals surface area contributed by atoms with Crippen LogP contribution in [0.4, 0.5) is 0 Å². The minimum Gasteiger partial charge on any atom is -0.490 e. The highest BCUT2D eigenvalue weighted by molar-refractivity contribution is 7.84. The second-order valence-corrected chi connectivity index (χ2v) is 10.3. The normalized spacial score (nSPS) is 13.1. The number of benzene rings is 2. The van der Waals surface area contributed by atoms with E-state index in [9.17, 15) is 9.47 Å². The minimum absolute atomic E-state index is 0.0289. The minimum atomic E-state index is -0.691. The molecule has 0 radical (unpaired) electrons. The number of ether oxygens (including phenoxy) is 1. The molecule has 1 aromatic heterocycles. The van der Waals surface area contributed by atoms with Crippen molar-refractivity contribution in [3.63, 3.8) is 0 Å². The zero-order valence-electron chi connectivity index (χ0n) is 18.6. The molecule has 1 atom stereocenters. The number of aryl methyl sites for hydroxylation is 1. The van der Waals surface area contributed by atoms with E-state index in [2.05, 4.69) is 34.5 Å². The number of hydrogen-bond donors (Lipinski definition) is 1. The molecular formula is C24H28N4O2S2. The van der Waals surface area contributed by atoms with Crippen molar-refractivity contribution in [2.75, 3.05) is 18.6 Å². The van der Waals surface area contributed by atoms with Gasteiger partial charge in [0.1, 0.15) is 21.8 Å². The van der Waals surface area contributed by atoms with Gasteiger partial charge in [-0.25, -0.2) is 0 Å². The summed E-state index contributed by atoms with van der Waals surface area (Å²) < 4.78 is 15.8. The number of hydrogen-bond acceptors (Lipinski definition) is 7. The lowest BCUT2D eigenvalue weighted by atomic mass is 10.0.